The van der Waals surface area contributed by atoms with Gasteiger partial charge in [0.1, 0.15) is 5.75 Å². The maximum atomic E-state index is 13.3. The van der Waals surface area contributed by atoms with Gasteiger partial charge in [0.05, 0.1) is 33.4 Å². The molecule has 2 unspecified atom stereocenters. The molecule has 1 aliphatic heterocycles. The number of alkyl halides is 3. The van der Waals surface area contributed by atoms with Gasteiger partial charge in [-0.2, -0.15) is 13.2 Å². The van der Waals surface area contributed by atoms with Crippen molar-refractivity contribution in [3.63, 3.8) is 0 Å². The van der Waals surface area contributed by atoms with Crippen molar-refractivity contribution in [2.75, 3.05) is 13.7 Å². The largest absolute Gasteiger partial charge is 0.495 e. The Hall–Kier alpha value is -1.77. The van der Waals surface area contributed by atoms with Crippen molar-refractivity contribution >= 4 is 21.4 Å². The van der Waals surface area contributed by atoms with E-state index in [1.165, 1.54) is 13.2 Å². The van der Waals surface area contributed by atoms with E-state index >= 15 is 0 Å². The normalized spacial score (nSPS) is 23.0. The fraction of sp³-hybridized carbons (Fsp3) is 0.400. The van der Waals surface area contributed by atoms with Crippen LogP contribution in [0.25, 0.3) is 0 Å². The molecule has 0 amide bonds. The van der Waals surface area contributed by atoms with E-state index < -0.39 is 32.4 Å². The van der Waals surface area contributed by atoms with Crippen LogP contribution in [-0.2, 0) is 20.8 Å². The summed E-state index contributed by atoms with van der Waals surface area (Å²) in [7, 11) is -2.58. The highest BCUT2D eigenvalue weighted by Crippen LogP contribution is 2.43. The summed E-state index contributed by atoms with van der Waals surface area (Å²) in [6, 6.07) is 8.89. The van der Waals surface area contributed by atoms with Gasteiger partial charge in [0.15, 0.2) is 9.84 Å². The molecular formula is C20H20ClF3O4S. The summed E-state index contributed by atoms with van der Waals surface area (Å²) >= 11 is 6.04. The first-order valence-corrected chi connectivity index (χ1v) is 10.7. The average molecular weight is 449 g/mol. The van der Waals surface area contributed by atoms with Crippen LogP contribution in [0.15, 0.2) is 47.4 Å². The number of sulfone groups is 1. The van der Waals surface area contributed by atoms with Crippen LogP contribution in [0.3, 0.4) is 0 Å². The average Bonchev–Trinajstić information content (AvgIpc) is 2.67. The van der Waals surface area contributed by atoms with Gasteiger partial charge in [-0.1, -0.05) is 23.7 Å². The second-order valence-corrected chi connectivity index (χ2v) is 10.1. The molecular weight excluding hydrogens is 429 g/mol. The summed E-state index contributed by atoms with van der Waals surface area (Å²) < 4.78 is 75.4. The van der Waals surface area contributed by atoms with Crippen LogP contribution >= 0.6 is 11.6 Å². The minimum Gasteiger partial charge on any atom is -0.495 e. The molecule has 2 aromatic carbocycles. The van der Waals surface area contributed by atoms with E-state index in [1.807, 2.05) is 0 Å². The molecule has 0 aliphatic carbocycles. The highest BCUT2D eigenvalue weighted by atomic mass is 35.5. The third kappa shape index (κ3) is 4.25. The number of hydrogen-bond donors (Lipinski definition) is 0. The van der Waals surface area contributed by atoms with Crippen molar-refractivity contribution in [3.05, 3.63) is 58.6 Å². The number of hydrogen-bond acceptors (Lipinski definition) is 4. The lowest BCUT2D eigenvalue weighted by Crippen LogP contribution is -2.42. The number of ether oxygens (including phenoxy) is 2. The van der Waals surface area contributed by atoms with E-state index in [1.54, 1.807) is 25.1 Å². The molecule has 2 aromatic rings. The Morgan fingerprint density at radius 3 is 2.59 bits per heavy atom. The first-order chi connectivity index (χ1) is 13.5. The van der Waals surface area contributed by atoms with Gasteiger partial charge < -0.3 is 9.47 Å². The van der Waals surface area contributed by atoms with Gasteiger partial charge in [0, 0.05) is 6.61 Å². The molecule has 0 saturated carbocycles. The van der Waals surface area contributed by atoms with Crippen LogP contribution in [0.4, 0.5) is 13.2 Å². The molecule has 1 aliphatic rings. The van der Waals surface area contributed by atoms with Gasteiger partial charge in [0.2, 0.25) is 0 Å². The molecule has 3 rings (SSSR count). The summed E-state index contributed by atoms with van der Waals surface area (Å²) in [5, 5.41) is 0.409. The SMILES string of the molecule is COc1cc(C2CC(C)(S(=O)(=O)c3cccc(C(F)(F)F)c3)CCO2)ccc1Cl. The molecule has 2 atom stereocenters. The summed E-state index contributed by atoms with van der Waals surface area (Å²) in [6.45, 7) is 1.70. The molecule has 1 heterocycles. The lowest BCUT2D eigenvalue weighted by Gasteiger charge is -2.38. The summed E-state index contributed by atoms with van der Waals surface area (Å²) in [4.78, 5) is -0.343. The molecule has 0 bridgehead atoms. The van der Waals surface area contributed by atoms with Crippen molar-refractivity contribution in [3.8, 4) is 5.75 Å². The van der Waals surface area contributed by atoms with Crippen molar-refractivity contribution in [1.29, 1.82) is 0 Å². The van der Waals surface area contributed by atoms with Crippen LogP contribution in [0.1, 0.15) is 37.0 Å². The number of halogens is 4. The quantitative estimate of drug-likeness (QED) is 0.624. The van der Waals surface area contributed by atoms with E-state index in [4.69, 9.17) is 21.1 Å². The van der Waals surface area contributed by atoms with Crippen LogP contribution in [0.5, 0.6) is 5.75 Å². The molecule has 0 radical (unpaired) electrons. The molecule has 1 saturated heterocycles. The molecule has 0 aromatic heterocycles. The lowest BCUT2D eigenvalue weighted by molar-refractivity contribution is -0.137. The van der Waals surface area contributed by atoms with Gasteiger partial charge in [0.25, 0.3) is 0 Å². The van der Waals surface area contributed by atoms with Crippen molar-refractivity contribution in [1.82, 2.24) is 0 Å². The smallest absolute Gasteiger partial charge is 0.416 e. The molecule has 0 spiro atoms. The number of methoxy groups -OCH3 is 1. The fourth-order valence-corrected chi connectivity index (χ4v) is 5.46. The first-order valence-electron chi connectivity index (χ1n) is 8.85. The predicted molar refractivity (Wildman–Crippen MR) is 103 cm³/mol. The zero-order valence-electron chi connectivity index (χ0n) is 15.8. The van der Waals surface area contributed by atoms with E-state index in [9.17, 15) is 21.6 Å². The Morgan fingerprint density at radius 2 is 1.93 bits per heavy atom. The van der Waals surface area contributed by atoms with Gasteiger partial charge >= 0.3 is 6.18 Å². The summed E-state index contributed by atoms with van der Waals surface area (Å²) in [5.74, 6) is 0.431. The fourth-order valence-electron chi connectivity index (χ4n) is 3.43. The lowest BCUT2D eigenvalue weighted by atomic mass is 9.92. The molecule has 158 valence electrons. The number of rotatable bonds is 4. The highest BCUT2D eigenvalue weighted by Gasteiger charge is 2.45. The molecule has 1 fully saturated rings. The Morgan fingerprint density at radius 1 is 1.21 bits per heavy atom. The third-order valence-electron chi connectivity index (χ3n) is 5.23. The zero-order valence-corrected chi connectivity index (χ0v) is 17.4. The maximum Gasteiger partial charge on any atom is 0.416 e. The Kier molecular flexibility index (Phi) is 5.91. The summed E-state index contributed by atoms with van der Waals surface area (Å²) in [6.07, 6.45) is -4.91. The van der Waals surface area contributed by atoms with Gasteiger partial charge in [-0.05, 0) is 55.7 Å². The van der Waals surface area contributed by atoms with Crippen LogP contribution in [0.2, 0.25) is 5.02 Å². The Labute approximate surface area is 172 Å². The zero-order chi connectivity index (χ0) is 21.4. The van der Waals surface area contributed by atoms with E-state index in [0.717, 1.165) is 12.1 Å². The van der Waals surface area contributed by atoms with E-state index in [0.29, 0.717) is 22.4 Å². The molecule has 9 heteroatoms. The Bertz CT molecular complexity index is 1010. The minimum absolute atomic E-state index is 0.0936. The highest BCUT2D eigenvalue weighted by molar-refractivity contribution is 7.92. The predicted octanol–water partition coefficient (Wildman–Crippen LogP) is 5.45. The van der Waals surface area contributed by atoms with Gasteiger partial charge in [-0.25, -0.2) is 8.42 Å². The molecule has 0 N–H and O–H groups in total. The number of benzene rings is 2. The van der Waals surface area contributed by atoms with Crippen molar-refractivity contribution in [2.24, 2.45) is 0 Å². The summed E-state index contributed by atoms with van der Waals surface area (Å²) in [5.41, 5.74) is -0.301. The van der Waals surface area contributed by atoms with Crippen LogP contribution < -0.4 is 4.74 Å². The molecule has 29 heavy (non-hydrogen) atoms. The second-order valence-electron chi connectivity index (χ2n) is 7.19. The monoisotopic (exact) mass is 448 g/mol. The topological polar surface area (TPSA) is 52.6 Å². The van der Waals surface area contributed by atoms with E-state index in [-0.39, 0.29) is 24.3 Å². The van der Waals surface area contributed by atoms with Crippen LogP contribution in [0, 0.1) is 0 Å². The van der Waals surface area contributed by atoms with Crippen molar-refractivity contribution < 1.29 is 31.1 Å². The maximum absolute atomic E-state index is 13.3. The van der Waals surface area contributed by atoms with E-state index in [2.05, 4.69) is 0 Å². The van der Waals surface area contributed by atoms with Gasteiger partial charge in [-0.3, -0.25) is 0 Å². The molecule has 4 nitrogen and oxygen atoms in total. The van der Waals surface area contributed by atoms with Crippen LogP contribution in [-0.4, -0.2) is 26.9 Å². The Balaban J connectivity index is 1.95. The minimum atomic E-state index is -4.62. The first kappa shape index (κ1) is 21.9. The second kappa shape index (κ2) is 7.81. The van der Waals surface area contributed by atoms with Gasteiger partial charge in [-0.15, -0.1) is 0 Å². The van der Waals surface area contributed by atoms with Crippen molar-refractivity contribution in [2.45, 2.75) is 41.7 Å². The third-order valence-corrected chi connectivity index (χ3v) is 8.09. The standard InChI is InChI=1S/C20H20ClF3O4S/c1-19(29(25,26)15-5-3-4-14(11-15)20(22,23)24)8-9-28-18(12-19)13-6-7-16(21)17(10-13)27-2/h3-7,10-11,18H,8-9,12H2,1-2H3.